The Morgan fingerprint density at radius 2 is 1.72 bits per heavy atom. The summed E-state index contributed by atoms with van der Waals surface area (Å²) in [5, 5.41) is 3.76. The first-order valence-electron chi connectivity index (χ1n) is 7.46. The molecule has 2 rings (SSSR count). The molecule has 1 aromatic rings. The summed E-state index contributed by atoms with van der Waals surface area (Å²) in [4.78, 5) is 0. The third-order valence-electron chi connectivity index (χ3n) is 4.32. The maximum Gasteiger partial charge on any atom is 0.0210 e. The van der Waals surface area contributed by atoms with Crippen molar-refractivity contribution in [1.82, 2.24) is 5.32 Å². The smallest absolute Gasteiger partial charge is 0.0210 e. The summed E-state index contributed by atoms with van der Waals surface area (Å²) < 4.78 is 0. The Kier molecular flexibility index (Phi) is 4.45. The standard InChI is InChI=1S/C17H27N/c1-4-17(10-5-11-17)18-13-16-8-6-15(7-9-16)12-14(2)3/h6-9,14,18H,4-5,10-13H2,1-3H3. The predicted octanol–water partition coefficient (Wildman–Crippen LogP) is 4.31. The van der Waals surface area contributed by atoms with Crippen molar-refractivity contribution >= 4 is 0 Å². The quantitative estimate of drug-likeness (QED) is 0.787. The van der Waals surface area contributed by atoms with Gasteiger partial charge in [0.25, 0.3) is 0 Å². The minimum Gasteiger partial charge on any atom is -0.307 e. The van der Waals surface area contributed by atoms with E-state index in [0.717, 1.165) is 12.5 Å². The van der Waals surface area contributed by atoms with E-state index in [1.807, 2.05) is 0 Å². The first-order valence-corrected chi connectivity index (χ1v) is 7.46. The second-order valence-electron chi connectivity index (χ2n) is 6.26. The zero-order valence-electron chi connectivity index (χ0n) is 12.1. The zero-order valence-corrected chi connectivity index (χ0v) is 12.1. The molecule has 1 fully saturated rings. The second kappa shape index (κ2) is 5.88. The average Bonchev–Trinajstić information content (AvgIpc) is 2.30. The molecule has 1 N–H and O–H groups in total. The summed E-state index contributed by atoms with van der Waals surface area (Å²) in [7, 11) is 0. The van der Waals surface area contributed by atoms with Gasteiger partial charge in [-0.15, -0.1) is 0 Å². The molecule has 0 radical (unpaired) electrons. The van der Waals surface area contributed by atoms with Crippen molar-refractivity contribution in [3.8, 4) is 0 Å². The molecule has 1 aliphatic rings. The first-order chi connectivity index (χ1) is 8.63. The molecule has 100 valence electrons. The highest BCUT2D eigenvalue weighted by molar-refractivity contribution is 5.23. The lowest BCUT2D eigenvalue weighted by Gasteiger charge is -2.42. The van der Waals surface area contributed by atoms with E-state index in [1.54, 1.807) is 0 Å². The third-order valence-corrected chi connectivity index (χ3v) is 4.32. The lowest BCUT2D eigenvalue weighted by atomic mass is 9.75. The average molecular weight is 245 g/mol. The van der Waals surface area contributed by atoms with Crippen LogP contribution in [0, 0.1) is 5.92 Å². The fourth-order valence-electron chi connectivity index (χ4n) is 2.81. The molecule has 1 saturated carbocycles. The highest BCUT2D eigenvalue weighted by Crippen LogP contribution is 2.34. The molecule has 1 nitrogen and oxygen atoms in total. The molecule has 0 spiro atoms. The van der Waals surface area contributed by atoms with E-state index in [0.29, 0.717) is 5.54 Å². The first kappa shape index (κ1) is 13.6. The van der Waals surface area contributed by atoms with Crippen LogP contribution in [0.2, 0.25) is 0 Å². The van der Waals surface area contributed by atoms with Gasteiger partial charge < -0.3 is 5.32 Å². The van der Waals surface area contributed by atoms with Crippen molar-refractivity contribution in [2.75, 3.05) is 0 Å². The summed E-state index contributed by atoms with van der Waals surface area (Å²) in [6.07, 6.45) is 6.56. The van der Waals surface area contributed by atoms with Crippen LogP contribution in [-0.2, 0) is 13.0 Å². The van der Waals surface area contributed by atoms with Crippen molar-refractivity contribution < 1.29 is 0 Å². The van der Waals surface area contributed by atoms with Gasteiger partial charge in [0, 0.05) is 12.1 Å². The monoisotopic (exact) mass is 245 g/mol. The number of nitrogens with one attached hydrogen (secondary N) is 1. The Balaban J connectivity index is 1.86. The van der Waals surface area contributed by atoms with Gasteiger partial charge >= 0.3 is 0 Å². The van der Waals surface area contributed by atoms with E-state index in [4.69, 9.17) is 0 Å². The molecule has 0 aliphatic heterocycles. The molecule has 0 unspecified atom stereocenters. The van der Waals surface area contributed by atoms with E-state index < -0.39 is 0 Å². The zero-order chi connectivity index (χ0) is 13.0. The topological polar surface area (TPSA) is 12.0 Å². The van der Waals surface area contributed by atoms with Gasteiger partial charge in [0.2, 0.25) is 0 Å². The van der Waals surface area contributed by atoms with Gasteiger partial charge in [-0.3, -0.25) is 0 Å². The van der Waals surface area contributed by atoms with Gasteiger partial charge in [0.05, 0.1) is 0 Å². The maximum absolute atomic E-state index is 3.76. The van der Waals surface area contributed by atoms with Crippen molar-refractivity contribution in [2.45, 2.75) is 65.0 Å². The van der Waals surface area contributed by atoms with Crippen LogP contribution in [0.1, 0.15) is 57.6 Å². The predicted molar refractivity (Wildman–Crippen MR) is 78.7 cm³/mol. The Morgan fingerprint density at radius 1 is 1.11 bits per heavy atom. The van der Waals surface area contributed by atoms with E-state index in [9.17, 15) is 0 Å². The van der Waals surface area contributed by atoms with Crippen molar-refractivity contribution in [3.63, 3.8) is 0 Å². The maximum atomic E-state index is 3.76. The van der Waals surface area contributed by atoms with Crippen LogP contribution in [-0.4, -0.2) is 5.54 Å². The van der Waals surface area contributed by atoms with E-state index in [1.165, 1.54) is 43.2 Å². The summed E-state index contributed by atoms with van der Waals surface area (Å²) in [6.45, 7) is 7.88. The minimum absolute atomic E-state index is 0.455. The Labute approximate surface area is 112 Å². The third kappa shape index (κ3) is 3.35. The van der Waals surface area contributed by atoms with Crippen molar-refractivity contribution in [2.24, 2.45) is 5.92 Å². The van der Waals surface area contributed by atoms with Crippen molar-refractivity contribution in [3.05, 3.63) is 35.4 Å². The molecule has 1 aromatic carbocycles. The van der Waals surface area contributed by atoms with Crippen molar-refractivity contribution in [1.29, 1.82) is 0 Å². The minimum atomic E-state index is 0.455. The van der Waals surface area contributed by atoms with Crippen LogP contribution >= 0.6 is 0 Å². The lowest BCUT2D eigenvalue weighted by molar-refractivity contribution is 0.175. The molecule has 0 amide bonds. The van der Waals surface area contributed by atoms with E-state index in [2.05, 4.69) is 50.4 Å². The fraction of sp³-hybridized carbons (Fsp3) is 0.647. The molecule has 18 heavy (non-hydrogen) atoms. The second-order valence-corrected chi connectivity index (χ2v) is 6.26. The lowest BCUT2D eigenvalue weighted by Crippen LogP contribution is -2.49. The normalized spacial score (nSPS) is 17.8. The number of benzene rings is 1. The Hall–Kier alpha value is -0.820. The summed E-state index contributed by atoms with van der Waals surface area (Å²) >= 11 is 0. The van der Waals surface area contributed by atoms with Gasteiger partial charge in [-0.2, -0.15) is 0 Å². The van der Waals surface area contributed by atoms with Gasteiger partial charge in [0.15, 0.2) is 0 Å². The van der Waals surface area contributed by atoms with Crippen LogP contribution in [0.15, 0.2) is 24.3 Å². The summed E-state index contributed by atoms with van der Waals surface area (Å²) in [6, 6.07) is 9.15. The number of hydrogen-bond acceptors (Lipinski definition) is 1. The molecule has 0 heterocycles. The van der Waals surface area contributed by atoms with Crippen LogP contribution in [0.5, 0.6) is 0 Å². The SMILES string of the molecule is CCC1(NCc2ccc(CC(C)C)cc2)CCC1. The molecule has 1 aliphatic carbocycles. The largest absolute Gasteiger partial charge is 0.307 e. The van der Waals surface area contributed by atoms with E-state index >= 15 is 0 Å². The summed E-state index contributed by atoms with van der Waals surface area (Å²) in [5.74, 6) is 0.743. The molecular formula is C17H27N. The number of rotatable bonds is 6. The molecule has 0 aromatic heterocycles. The Bertz CT molecular complexity index is 354. The van der Waals surface area contributed by atoms with Gasteiger partial charge in [-0.05, 0) is 49.1 Å². The van der Waals surface area contributed by atoms with Gasteiger partial charge in [-0.1, -0.05) is 45.0 Å². The van der Waals surface area contributed by atoms with Crippen LogP contribution in [0.25, 0.3) is 0 Å². The molecule has 0 atom stereocenters. The highest BCUT2D eigenvalue weighted by Gasteiger charge is 2.33. The van der Waals surface area contributed by atoms with Gasteiger partial charge in [-0.25, -0.2) is 0 Å². The fourth-order valence-corrected chi connectivity index (χ4v) is 2.81. The molecule has 1 heteroatoms. The van der Waals surface area contributed by atoms with E-state index in [-0.39, 0.29) is 0 Å². The number of hydrogen-bond donors (Lipinski definition) is 1. The molecule has 0 bridgehead atoms. The highest BCUT2D eigenvalue weighted by atomic mass is 15.0. The Morgan fingerprint density at radius 3 is 2.17 bits per heavy atom. The van der Waals surface area contributed by atoms with Crippen LogP contribution in [0.3, 0.4) is 0 Å². The summed E-state index contributed by atoms with van der Waals surface area (Å²) in [5.41, 5.74) is 3.33. The van der Waals surface area contributed by atoms with Gasteiger partial charge in [0.1, 0.15) is 0 Å². The molecular weight excluding hydrogens is 218 g/mol. The van der Waals surface area contributed by atoms with Crippen LogP contribution in [0.4, 0.5) is 0 Å². The van der Waals surface area contributed by atoms with Crippen LogP contribution < -0.4 is 5.32 Å². The molecule has 0 saturated heterocycles.